The molecule has 4 aliphatic rings. The maximum atomic E-state index is 15.5. The highest BCUT2D eigenvalue weighted by atomic mass is 35.5. The predicted molar refractivity (Wildman–Crippen MR) is 220 cm³/mol. The van der Waals surface area contributed by atoms with E-state index in [9.17, 15) is 37.6 Å². The molecule has 14 nitrogen and oxygen atoms in total. The second-order valence-electron chi connectivity index (χ2n) is 16.2. The number of alkyl halides is 5. The number of anilines is 3. The van der Waals surface area contributed by atoms with Gasteiger partial charge in [0, 0.05) is 44.0 Å². The molecule has 2 N–H and O–H groups in total. The number of ether oxygens (including phenoxy) is 1. The first kappa shape index (κ1) is 45.6. The van der Waals surface area contributed by atoms with Crippen molar-refractivity contribution in [2.75, 3.05) is 47.9 Å². The number of aryl methyl sites for hydroxylation is 1. The summed E-state index contributed by atoms with van der Waals surface area (Å²) in [7, 11) is 1.65. The molecule has 3 aliphatic heterocycles. The fourth-order valence-electron chi connectivity index (χ4n) is 8.83. The average Bonchev–Trinajstić information content (AvgIpc) is 3.60. The van der Waals surface area contributed by atoms with E-state index in [4.69, 9.17) is 17.0 Å². The average molecular weight is 894 g/mol. The largest absolute Gasteiger partial charge is 0.417 e. The molecule has 2 aromatic carbocycles. The van der Waals surface area contributed by atoms with Crippen molar-refractivity contribution in [3.63, 3.8) is 0 Å². The summed E-state index contributed by atoms with van der Waals surface area (Å²) < 4.78 is 79.7. The number of carbonyl (C=O) groups is 4. The lowest BCUT2D eigenvalue weighted by Crippen LogP contribution is -2.51. The summed E-state index contributed by atoms with van der Waals surface area (Å²) in [5, 5.41) is 19.4. The minimum absolute atomic E-state index is 0. The lowest BCUT2D eigenvalue weighted by atomic mass is 9.88. The van der Waals surface area contributed by atoms with Gasteiger partial charge in [0.05, 0.1) is 53.3 Å². The van der Waals surface area contributed by atoms with Crippen LogP contribution in [0, 0.1) is 17.2 Å². The maximum absolute atomic E-state index is 15.5. The number of likely N-dealkylation sites (tertiary alicyclic amines) is 1. The number of nitrogens with zero attached hydrogens (tertiary/aromatic N) is 7. The van der Waals surface area contributed by atoms with Gasteiger partial charge < -0.3 is 15.0 Å². The Morgan fingerprint density at radius 1 is 1.08 bits per heavy atom. The standard InChI is InChI=1S/C40H44F5N9O5S.ClH/c1-38(2)35(57)53(26-8-7-23(20-46)29(19-26)40(43,44)45)37(60)54(38)25-9-11-27(12-10-25)59-18-15-24-13-16-51(22-39(24,41)42)21-32(56)47-30-6-4-5-28-33(30)50(3)49-34(28)52-17-14-31(55)48-36(52)58;/h4-8,19,24-25,27H,9-18,21-22H2,1-3H3,(H,47,56)(H,48,55,58);1H. The number of benzene rings is 2. The molecule has 1 aromatic heterocycles. The highest BCUT2D eigenvalue weighted by molar-refractivity contribution is 7.80. The van der Waals surface area contributed by atoms with Crippen molar-refractivity contribution in [1.82, 2.24) is 24.9 Å². The van der Waals surface area contributed by atoms with Crippen LogP contribution in [0.2, 0.25) is 0 Å². The van der Waals surface area contributed by atoms with Crippen LogP contribution < -0.4 is 20.4 Å². The number of halogens is 6. The Bertz CT molecular complexity index is 2280. The Morgan fingerprint density at radius 2 is 1.80 bits per heavy atom. The van der Waals surface area contributed by atoms with Crippen LogP contribution in [-0.4, -0.2) is 105 Å². The van der Waals surface area contributed by atoms with Gasteiger partial charge in [0.1, 0.15) is 5.54 Å². The number of fused-ring (bicyclic) bond motifs is 1. The zero-order valence-electron chi connectivity index (χ0n) is 33.6. The van der Waals surface area contributed by atoms with Crippen molar-refractivity contribution >= 4 is 81.6 Å². The van der Waals surface area contributed by atoms with E-state index in [-0.39, 0.29) is 86.8 Å². The summed E-state index contributed by atoms with van der Waals surface area (Å²) in [6, 6.07) is 8.89. The van der Waals surface area contributed by atoms with E-state index in [0.717, 1.165) is 17.0 Å². The van der Waals surface area contributed by atoms with Crippen LogP contribution >= 0.6 is 24.6 Å². The van der Waals surface area contributed by atoms with Gasteiger partial charge in [0.2, 0.25) is 11.8 Å². The van der Waals surface area contributed by atoms with Gasteiger partial charge in [-0.25, -0.2) is 13.6 Å². The van der Waals surface area contributed by atoms with Crippen LogP contribution in [0.5, 0.6) is 0 Å². The minimum atomic E-state index is -4.81. The van der Waals surface area contributed by atoms with Crippen molar-refractivity contribution < 1.29 is 45.9 Å². The molecule has 4 heterocycles. The van der Waals surface area contributed by atoms with Gasteiger partial charge in [-0.2, -0.15) is 23.5 Å². The van der Waals surface area contributed by atoms with Crippen LogP contribution in [0.25, 0.3) is 10.9 Å². The topological polar surface area (TPSA) is 156 Å². The Balaban J connectivity index is 0.00000622. The Kier molecular flexibility index (Phi) is 13.0. The van der Waals surface area contributed by atoms with Crippen molar-refractivity contribution in [2.45, 2.75) is 88.6 Å². The van der Waals surface area contributed by atoms with Gasteiger partial charge in [0.25, 0.3) is 11.8 Å². The normalized spacial score (nSPS) is 23.2. The molecule has 61 heavy (non-hydrogen) atoms. The third-order valence-electron chi connectivity index (χ3n) is 11.9. The van der Waals surface area contributed by atoms with Crippen LogP contribution in [0.3, 0.4) is 0 Å². The lowest BCUT2D eigenvalue weighted by Gasteiger charge is -2.41. The molecule has 1 saturated carbocycles. The summed E-state index contributed by atoms with van der Waals surface area (Å²) >= 11 is 5.68. The summed E-state index contributed by atoms with van der Waals surface area (Å²) in [6.07, 6.45) is -2.38. The number of aromatic nitrogens is 2. The summed E-state index contributed by atoms with van der Waals surface area (Å²) in [6.45, 7) is 3.02. The molecule has 7 rings (SSSR count). The molecule has 328 valence electrons. The van der Waals surface area contributed by atoms with E-state index >= 15 is 8.78 Å². The molecule has 0 radical (unpaired) electrons. The number of carbonyl (C=O) groups excluding carboxylic acids is 4. The molecule has 4 fully saturated rings. The lowest BCUT2D eigenvalue weighted by molar-refractivity contribution is -0.138. The van der Waals surface area contributed by atoms with Gasteiger partial charge in [-0.1, -0.05) is 6.07 Å². The van der Waals surface area contributed by atoms with Gasteiger partial charge in [-0.05, 0) is 101 Å². The first-order valence-electron chi connectivity index (χ1n) is 19.7. The van der Waals surface area contributed by atoms with Crippen LogP contribution in [0.15, 0.2) is 36.4 Å². The van der Waals surface area contributed by atoms with Crippen LogP contribution in [-0.2, 0) is 32.3 Å². The SMILES string of the molecule is Cl.Cn1nc(N2CCC(=O)NC2=O)c2cccc(NC(=O)CN3CCC(CCOC4CCC(N5C(=S)N(c6ccc(C#N)c(C(F)(F)F)c6)C(=O)C5(C)C)CC4)C(F)(F)C3)c21. The molecule has 3 aromatic rings. The molecule has 0 spiro atoms. The first-order chi connectivity index (χ1) is 28.3. The van der Waals surface area contributed by atoms with Crippen LogP contribution in [0.1, 0.15) is 69.9 Å². The molecule has 1 unspecified atom stereocenters. The number of nitrogens with one attached hydrogen (secondary N) is 2. The third kappa shape index (κ3) is 9.01. The number of thiocarbonyl (C=S) groups is 1. The zero-order valence-corrected chi connectivity index (χ0v) is 35.2. The zero-order chi connectivity index (χ0) is 43.3. The van der Waals surface area contributed by atoms with Crippen LogP contribution in [0.4, 0.5) is 43.9 Å². The van der Waals surface area contributed by atoms with Crippen molar-refractivity contribution in [3.05, 3.63) is 47.5 Å². The Hall–Kier alpha value is -4.97. The molecule has 1 atom stereocenters. The number of hydrogen-bond donors (Lipinski definition) is 2. The van der Waals surface area contributed by atoms with E-state index in [0.29, 0.717) is 48.1 Å². The predicted octanol–water partition coefficient (Wildman–Crippen LogP) is 6.36. The fraction of sp³-hybridized carbons (Fsp3) is 0.525. The smallest absolute Gasteiger partial charge is 0.378 e. The number of rotatable bonds is 10. The van der Waals surface area contributed by atoms with Gasteiger partial charge in [-0.3, -0.25) is 39.1 Å². The summed E-state index contributed by atoms with van der Waals surface area (Å²) in [5.74, 6) is -5.05. The van der Waals surface area contributed by atoms with Crippen molar-refractivity contribution in [1.29, 1.82) is 5.26 Å². The summed E-state index contributed by atoms with van der Waals surface area (Å²) in [4.78, 5) is 56.5. The molecular formula is C40H45ClF5N9O5S. The number of amides is 5. The highest BCUT2D eigenvalue weighted by Crippen LogP contribution is 2.41. The van der Waals surface area contributed by atoms with E-state index in [2.05, 4.69) is 15.7 Å². The number of nitriles is 1. The number of piperidine rings is 1. The Morgan fingerprint density at radius 3 is 2.46 bits per heavy atom. The van der Waals surface area contributed by atoms with Gasteiger partial charge in [-0.15, -0.1) is 12.4 Å². The van der Waals surface area contributed by atoms with E-state index < -0.39 is 59.1 Å². The highest BCUT2D eigenvalue weighted by Gasteiger charge is 2.53. The van der Waals surface area contributed by atoms with E-state index in [1.807, 2.05) is 0 Å². The molecular weight excluding hydrogens is 849 g/mol. The minimum Gasteiger partial charge on any atom is -0.378 e. The Labute approximate surface area is 359 Å². The second-order valence-corrected chi connectivity index (χ2v) is 16.6. The number of imide groups is 1. The molecule has 3 saturated heterocycles. The number of urea groups is 1. The fourth-order valence-corrected chi connectivity index (χ4v) is 9.39. The molecule has 21 heteroatoms. The van der Waals surface area contributed by atoms with E-state index in [1.165, 1.54) is 20.5 Å². The second kappa shape index (κ2) is 17.4. The number of hydrogen-bond acceptors (Lipinski definition) is 9. The van der Waals surface area contributed by atoms with E-state index in [1.54, 1.807) is 50.1 Å². The quantitative estimate of drug-likeness (QED) is 0.174. The van der Waals surface area contributed by atoms with Gasteiger partial charge in [0.15, 0.2) is 10.9 Å². The molecule has 1 aliphatic carbocycles. The van der Waals surface area contributed by atoms with Gasteiger partial charge >= 0.3 is 12.2 Å². The van der Waals surface area contributed by atoms with Crippen molar-refractivity contribution in [2.24, 2.45) is 13.0 Å². The molecule has 0 bridgehead atoms. The first-order valence-corrected chi connectivity index (χ1v) is 20.1. The maximum Gasteiger partial charge on any atom is 0.417 e. The number of para-hydroxylation sites is 1. The third-order valence-corrected chi connectivity index (χ3v) is 12.2. The molecule has 5 amide bonds. The van der Waals surface area contributed by atoms with Crippen molar-refractivity contribution in [3.8, 4) is 6.07 Å². The monoisotopic (exact) mass is 893 g/mol. The summed E-state index contributed by atoms with van der Waals surface area (Å²) in [5.41, 5.74) is -2.02.